The molecule has 0 amide bonds. The van der Waals surface area contributed by atoms with Crippen molar-refractivity contribution in [1.82, 2.24) is 19.9 Å². The Hall–Kier alpha value is -6.64. The van der Waals surface area contributed by atoms with E-state index in [0.29, 0.717) is 82.9 Å². The minimum absolute atomic E-state index is 0.0392. The molecule has 0 saturated heterocycles. The number of nitrogen functional groups attached to an aromatic ring is 1. The summed E-state index contributed by atoms with van der Waals surface area (Å²) in [6.45, 7) is 3.65. The quantitative estimate of drug-likeness (QED) is 0.0699. The second-order valence-electron chi connectivity index (χ2n) is 13.6. The zero-order chi connectivity index (χ0) is 42.3. The number of aliphatic carboxylic acids is 1. The first kappa shape index (κ1) is 41.5. The Bertz CT molecular complexity index is 2690. The van der Waals surface area contributed by atoms with E-state index in [2.05, 4.69) is 15.0 Å². The fourth-order valence-corrected chi connectivity index (χ4v) is 8.02. The number of carbonyl (C=O) groups excluding carboxylic acids is 1. The molecule has 3 heterocycles. The standard InChI is InChI=1S/C45H39ClFN5O7S/c1-4-57-45(55)36(59-43-39-38(31-15-16-33(48)40(46)25(31)2)41(60-44(39)51-24-50-43)27-11-13-29(47)14-12-27)22-28-21-26(10-18-37(53)54)9-17-34(28)58-23-30-19-20-49-42(52-30)32-7-5-6-8-35(32)56-3/h5-9,11-17,19-21,24,36H,4,10,18,22-23,48H2,1-3H3,(H,53,54). The lowest BCUT2D eigenvalue weighted by Crippen LogP contribution is -2.32. The maximum Gasteiger partial charge on any atom is 0.347 e. The number of benzene rings is 4. The predicted octanol–water partition coefficient (Wildman–Crippen LogP) is 9.32. The number of carboxylic acid groups (broad SMARTS) is 1. The van der Waals surface area contributed by atoms with Crippen LogP contribution in [-0.4, -0.2) is 56.8 Å². The van der Waals surface area contributed by atoms with Gasteiger partial charge in [-0.2, -0.15) is 0 Å². The van der Waals surface area contributed by atoms with Crippen LogP contribution in [0.5, 0.6) is 17.4 Å². The number of para-hydroxylation sites is 1. The molecule has 7 aromatic rings. The largest absolute Gasteiger partial charge is 0.496 e. The van der Waals surface area contributed by atoms with Gasteiger partial charge < -0.3 is 29.8 Å². The molecule has 4 aromatic carbocycles. The maximum atomic E-state index is 14.1. The number of halogens is 2. The third-order valence-electron chi connectivity index (χ3n) is 9.64. The minimum Gasteiger partial charge on any atom is -0.496 e. The molecule has 3 aromatic heterocycles. The monoisotopic (exact) mass is 847 g/mol. The van der Waals surface area contributed by atoms with Crippen LogP contribution in [0.2, 0.25) is 5.02 Å². The summed E-state index contributed by atoms with van der Waals surface area (Å²) >= 11 is 8.04. The van der Waals surface area contributed by atoms with Gasteiger partial charge in [0, 0.05) is 29.5 Å². The second kappa shape index (κ2) is 18.5. The average Bonchev–Trinajstić information content (AvgIpc) is 3.65. The number of carboxylic acids is 1. The molecular weight excluding hydrogens is 809 g/mol. The number of ether oxygens (including phenoxy) is 4. The highest BCUT2D eigenvalue weighted by Crippen LogP contribution is 2.49. The lowest BCUT2D eigenvalue weighted by atomic mass is 9.95. The molecule has 1 atom stereocenters. The topological polar surface area (TPSA) is 169 Å². The van der Waals surface area contributed by atoms with E-state index >= 15 is 0 Å². The molecule has 1 unspecified atom stereocenters. The molecule has 0 aliphatic carbocycles. The molecule has 0 aliphatic rings. The molecule has 60 heavy (non-hydrogen) atoms. The van der Waals surface area contributed by atoms with Crippen molar-refractivity contribution in [2.24, 2.45) is 0 Å². The van der Waals surface area contributed by atoms with Gasteiger partial charge in [-0.25, -0.2) is 29.1 Å². The first-order valence-corrected chi connectivity index (χ1v) is 20.1. The number of hydrogen-bond acceptors (Lipinski definition) is 12. The van der Waals surface area contributed by atoms with E-state index in [4.69, 9.17) is 41.3 Å². The number of carbonyl (C=O) groups is 2. The maximum absolute atomic E-state index is 14.1. The lowest BCUT2D eigenvalue weighted by Gasteiger charge is -2.20. The third kappa shape index (κ3) is 9.14. The SMILES string of the molecule is CCOC(=O)C(Cc1cc(CCC(=O)O)ccc1OCc1ccnc(-c2ccccc2OC)n1)Oc1ncnc2sc(-c3ccc(F)cc3)c(-c3ccc(N)c(Cl)c3C)c12. The summed E-state index contributed by atoms with van der Waals surface area (Å²) in [5.41, 5.74) is 11.9. The minimum atomic E-state index is -1.26. The normalized spacial score (nSPS) is 11.6. The summed E-state index contributed by atoms with van der Waals surface area (Å²) < 4.78 is 38.1. The number of esters is 1. The third-order valence-corrected chi connectivity index (χ3v) is 11.3. The number of aryl methyl sites for hydroxylation is 1. The van der Waals surface area contributed by atoms with Gasteiger partial charge in [-0.05, 0) is 90.6 Å². The van der Waals surface area contributed by atoms with E-state index in [-0.39, 0.29) is 44.2 Å². The van der Waals surface area contributed by atoms with E-state index in [1.807, 2.05) is 37.3 Å². The van der Waals surface area contributed by atoms with Gasteiger partial charge in [-0.3, -0.25) is 4.79 Å². The van der Waals surface area contributed by atoms with Crippen LogP contribution in [0.4, 0.5) is 10.1 Å². The van der Waals surface area contributed by atoms with Crippen molar-refractivity contribution in [2.45, 2.75) is 45.8 Å². The van der Waals surface area contributed by atoms with Gasteiger partial charge in [0.25, 0.3) is 0 Å². The van der Waals surface area contributed by atoms with Gasteiger partial charge in [0.05, 0.1) is 41.1 Å². The molecule has 0 bridgehead atoms. The van der Waals surface area contributed by atoms with Crippen LogP contribution >= 0.6 is 22.9 Å². The van der Waals surface area contributed by atoms with Crippen LogP contribution in [-0.2, 0) is 33.8 Å². The number of thiophene rings is 1. The molecular formula is C45H39ClFN5O7S. The van der Waals surface area contributed by atoms with Crippen molar-refractivity contribution in [2.75, 3.05) is 19.5 Å². The van der Waals surface area contributed by atoms with Crippen molar-refractivity contribution in [3.63, 3.8) is 0 Å². The lowest BCUT2D eigenvalue weighted by molar-refractivity contribution is -0.151. The summed E-state index contributed by atoms with van der Waals surface area (Å²) in [6.07, 6.45) is 1.82. The summed E-state index contributed by atoms with van der Waals surface area (Å²) in [6, 6.07) is 24.1. The van der Waals surface area contributed by atoms with Crippen molar-refractivity contribution >= 4 is 50.8 Å². The number of rotatable bonds is 16. The van der Waals surface area contributed by atoms with E-state index in [1.165, 1.54) is 29.8 Å². The van der Waals surface area contributed by atoms with Crippen molar-refractivity contribution in [3.8, 4) is 50.3 Å². The van der Waals surface area contributed by atoms with Gasteiger partial charge in [0.15, 0.2) is 5.82 Å². The molecule has 0 saturated carbocycles. The van der Waals surface area contributed by atoms with Crippen LogP contribution in [0.1, 0.15) is 35.7 Å². The van der Waals surface area contributed by atoms with E-state index < -0.39 is 18.0 Å². The van der Waals surface area contributed by atoms with Gasteiger partial charge in [0.2, 0.25) is 12.0 Å². The van der Waals surface area contributed by atoms with Crippen molar-refractivity contribution < 1.29 is 38.0 Å². The van der Waals surface area contributed by atoms with Crippen molar-refractivity contribution in [1.29, 1.82) is 0 Å². The molecule has 7 rings (SSSR count). The Balaban J connectivity index is 1.28. The van der Waals surface area contributed by atoms with Crippen LogP contribution in [0.25, 0.3) is 43.2 Å². The zero-order valence-electron chi connectivity index (χ0n) is 32.8. The summed E-state index contributed by atoms with van der Waals surface area (Å²) in [5.74, 6) is -0.411. The van der Waals surface area contributed by atoms with E-state index in [0.717, 1.165) is 4.88 Å². The summed E-state index contributed by atoms with van der Waals surface area (Å²) in [7, 11) is 1.58. The smallest absolute Gasteiger partial charge is 0.347 e. The number of hydrogen-bond donors (Lipinski definition) is 2. The van der Waals surface area contributed by atoms with Gasteiger partial charge in [0.1, 0.15) is 35.1 Å². The fourth-order valence-electron chi connectivity index (χ4n) is 6.70. The summed E-state index contributed by atoms with van der Waals surface area (Å²) in [4.78, 5) is 44.9. The zero-order valence-corrected chi connectivity index (χ0v) is 34.3. The highest BCUT2D eigenvalue weighted by molar-refractivity contribution is 7.22. The Morgan fingerprint density at radius 3 is 2.53 bits per heavy atom. The molecule has 15 heteroatoms. The molecule has 0 aliphatic heterocycles. The van der Waals surface area contributed by atoms with Crippen LogP contribution < -0.4 is 19.9 Å². The predicted molar refractivity (Wildman–Crippen MR) is 228 cm³/mol. The van der Waals surface area contributed by atoms with Crippen LogP contribution in [0.3, 0.4) is 0 Å². The van der Waals surface area contributed by atoms with Crippen molar-refractivity contribution in [3.05, 3.63) is 131 Å². The number of fused-ring (bicyclic) bond motifs is 1. The molecule has 0 radical (unpaired) electrons. The molecule has 3 N–H and O–H groups in total. The Kier molecular flexibility index (Phi) is 12.8. The Labute approximate surface area is 353 Å². The first-order chi connectivity index (χ1) is 29.0. The summed E-state index contributed by atoms with van der Waals surface area (Å²) in [5, 5.41) is 10.3. The Morgan fingerprint density at radius 2 is 1.77 bits per heavy atom. The number of aromatic nitrogens is 4. The molecule has 12 nitrogen and oxygen atoms in total. The van der Waals surface area contributed by atoms with Crippen LogP contribution in [0.15, 0.2) is 97.5 Å². The van der Waals surface area contributed by atoms with Gasteiger partial charge >= 0.3 is 11.9 Å². The number of anilines is 1. The van der Waals surface area contributed by atoms with Crippen LogP contribution in [0, 0.1) is 12.7 Å². The molecule has 306 valence electrons. The first-order valence-electron chi connectivity index (χ1n) is 18.9. The Morgan fingerprint density at radius 1 is 0.967 bits per heavy atom. The fraction of sp³-hybridized carbons (Fsp3) is 0.200. The number of nitrogens with two attached hydrogens (primary N) is 1. The van der Waals surface area contributed by atoms with E-state index in [9.17, 15) is 19.1 Å². The number of nitrogens with zero attached hydrogens (tertiary/aromatic N) is 4. The van der Waals surface area contributed by atoms with Gasteiger partial charge in [-0.15, -0.1) is 11.3 Å². The second-order valence-corrected chi connectivity index (χ2v) is 14.9. The average molecular weight is 848 g/mol. The number of methoxy groups -OCH3 is 1. The molecule has 0 spiro atoms. The van der Waals surface area contributed by atoms with Gasteiger partial charge in [-0.1, -0.05) is 54.1 Å². The molecule has 0 fully saturated rings. The highest BCUT2D eigenvalue weighted by Gasteiger charge is 2.29. The highest BCUT2D eigenvalue weighted by atomic mass is 35.5. The van der Waals surface area contributed by atoms with E-state index in [1.54, 1.807) is 62.7 Å².